The summed E-state index contributed by atoms with van der Waals surface area (Å²) < 4.78 is 82.0. The Morgan fingerprint density at radius 3 is 1.96 bits per heavy atom. The zero-order valence-electron chi connectivity index (χ0n) is 66.5. The molecule has 37 nitrogen and oxygen atoms in total. The second-order valence-corrected chi connectivity index (χ2v) is 31.4. The van der Waals surface area contributed by atoms with E-state index in [1.54, 1.807) is 45.0 Å². The summed E-state index contributed by atoms with van der Waals surface area (Å²) >= 11 is 14.3. The van der Waals surface area contributed by atoms with Crippen LogP contribution >= 0.6 is 23.2 Å². The second-order valence-electron chi connectivity index (χ2n) is 30.5. The Hall–Kier alpha value is -11.7. The zero-order chi connectivity index (χ0) is 89.8. The van der Waals surface area contributed by atoms with Gasteiger partial charge >= 0.3 is 6.36 Å². The van der Waals surface area contributed by atoms with E-state index in [9.17, 15) is 78.3 Å². The van der Waals surface area contributed by atoms with Crippen LogP contribution in [0.5, 0.6) is 51.7 Å². The van der Waals surface area contributed by atoms with E-state index in [2.05, 4.69) is 58.1 Å². The van der Waals surface area contributed by atoms with E-state index in [-0.39, 0.29) is 59.0 Å². The minimum Gasteiger partial charge on any atom is -0.508 e. The van der Waals surface area contributed by atoms with Gasteiger partial charge < -0.3 is 133 Å². The number of carbonyl (C=O) groups is 9. The van der Waals surface area contributed by atoms with E-state index in [0.29, 0.717) is 5.56 Å². The van der Waals surface area contributed by atoms with Gasteiger partial charge in [-0.15, -0.1) is 13.2 Å². The molecule has 14 rings (SSSR count). The molecule has 0 spiro atoms. The number of halogens is 5. The lowest BCUT2D eigenvalue weighted by Gasteiger charge is -2.48. The zero-order valence-corrected chi connectivity index (χ0v) is 68.0. The molecule has 2 saturated heterocycles. The van der Waals surface area contributed by atoms with Crippen LogP contribution in [0, 0.1) is 5.92 Å². The first-order valence-corrected chi connectivity index (χ1v) is 39.3. The molecule has 9 amide bonds. The number of benzene rings is 7. The number of fused-ring (bicyclic) bond motifs is 15. The average Bonchev–Trinajstić information content (AvgIpc) is 0.763. The highest BCUT2D eigenvalue weighted by molar-refractivity contribution is 6.32. The predicted octanol–water partition coefficient (Wildman–Crippen LogP) is 3.68. The number of likely N-dealkylation sites (N-methyl/N-ethyl adjacent to an activating group) is 1. The van der Waals surface area contributed by atoms with E-state index in [4.69, 9.17) is 62.2 Å². The number of ether oxygens (including phenoxy) is 7. The van der Waals surface area contributed by atoms with Gasteiger partial charge in [0, 0.05) is 46.9 Å². The van der Waals surface area contributed by atoms with E-state index in [0.717, 1.165) is 98.1 Å². The van der Waals surface area contributed by atoms with Crippen LogP contribution in [0.1, 0.15) is 121 Å². The number of anilines is 1. The van der Waals surface area contributed by atoms with Crippen molar-refractivity contribution in [3.63, 3.8) is 0 Å². The van der Waals surface area contributed by atoms with E-state index >= 15 is 24.0 Å². The number of nitrogens with one attached hydrogen (secondary N) is 10. The van der Waals surface area contributed by atoms with Crippen molar-refractivity contribution in [1.29, 1.82) is 0 Å². The van der Waals surface area contributed by atoms with Crippen molar-refractivity contribution < 1.29 is 140 Å². The molecule has 7 aromatic rings. The number of carbonyl (C=O) groups excluding carboxylic acids is 9. The lowest BCUT2D eigenvalue weighted by molar-refractivity contribution is -0.334. The van der Waals surface area contributed by atoms with E-state index < -0.39 is 260 Å². The molecule has 662 valence electrons. The number of hydrogen-bond acceptors (Lipinski definition) is 28. The van der Waals surface area contributed by atoms with E-state index in [1.807, 2.05) is 0 Å². The van der Waals surface area contributed by atoms with Gasteiger partial charge in [0.15, 0.2) is 23.9 Å². The first kappa shape index (κ1) is 91.5. The molecule has 11 bridgehead atoms. The third-order valence-electron chi connectivity index (χ3n) is 21.2. The van der Waals surface area contributed by atoms with Gasteiger partial charge in [0.25, 0.3) is 11.8 Å². The van der Waals surface area contributed by atoms with Crippen LogP contribution < -0.4 is 78.0 Å². The Bertz CT molecular complexity index is 5240. The standard InChI is InChI=1S/C82H88Cl2F3N11O26/c1-33(2)20-48(89-5)73(110)96-63-65(104)38-13-18-52(46(83)23-38)119-54-25-40-26-55(69(54)123-80-70(68(107)67(106)56(32-99)121-80)122-58-30-81(4,71(108)34(3)118-58)90-31-35-8-7-9-41(21-35)91-72(109)36-10-15-43(16-11-36)124-82(85,86)87)120-53-19-14-39(24-47(53)84)66(105)64-78(115)95-62(79(116)98-117-6)45-27-42(100)28-51(102)59(45)44-22-37(12-17-50(44)101)60(75(112)97-64)94-76(113)61(40)93-74(111)49(29-57(88)103)92-77(63)114/h7-19,21-28,33-34,48-49,56,58,60-68,70-71,80,89-90,99-102,104-108H,20,29-32H2,1-6H3,(H2,88,103)(H,91,109)(H,92,114)(H,93,111)(H,94,113)(H,95,115)(H,96,110)(H,97,112)(H,98,116)/t34?,48?,49?,56?,58?,60?,61?,62-,63?,64?,65?,66?,67?,68?,70?,71?,80?,81-/m1/s1. The highest BCUT2D eigenvalue weighted by Gasteiger charge is 2.52. The number of hydrogen-bond donors (Lipinski definition) is 20. The molecule has 7 aliphatic rings. The van der Waals surface area contributed by atoms with Crippen LogP contribution in [0.2, 0.25) is 10.0 Å². The molecule has 7 aromatic carbocycles. The molecule has 124 heavy (non-hydrogen) atoms. The fourth-order valence-electron chi connectivity index (χ4n) is 14.9. The van der Waals surface area contributed by atoms with Crippen molar-refractivity contribution in [3.05, 3.63) is 176 Å². The lowest BCUT2D eigenvalue weighted by Crippen LogP contribution is -2.65. The summed E-state index contributed by atoms with van der Waals surface area (Å²) in [4.78, 5) is 138. The molecule has 18 atom stereocenters. The number of aliphatic hydroxyl groups is 6. The summed E-state index contributed by atoms with van der Waals surface area (Å²) in [6.45, 7) is 5.63. The van der Waals surface area contributed by atoms with Crippen LogP contribution in [0.15, 0.2) is 127 Å². The lowest BCUT2D eigenvalue weighted by atomic mass is 9.84. The highest BCUT2D eigenvalue weighted by atomic mass is 35.5. The quantitative estimate of drug-likeness (QED) is 0.0484. The third-order valence-corrected chi connectivity index (χ3v) is 21.8. The number of nitrogens with two attached hydrogens (primary N) is 1. The Morgan fingerprint density at radius 1 is 0.702 bits per heavy atom. The van der Waals surface area contributed by atoms with Crippen molar-refractivity contribution in [2.45, 2.75) is 169 Å². The summed E-state index contributed by atoms with van der Waals surface area (Å²) in [7, 11) is 2.49. The maximum atomic E-state index is 16.3. The third kappa shape index (κ3) is 20.7. The van der Waals surface area contributed by atoms with Crippen molar-refractivity contribution in [2.75, 3.05) is 26.1 Å². The van der Waals surface area contributed by atoms with Crippen LogP contribution in [0.4, 0.5) is 18.9 Å². The van der Waals surface area contributed by atoms with Crippen LogP contribution in [0.25, 0.3) is 11.1 Å². The molecule has 16 unspecified atom stereocenters. The summed E-state index contributed by atoms with van der Waals surface area (Å²) in [5, 5.41) is 129. The number of rotatable bonds is 20. The van der Waals surface area contributed by atoms with Gasteiger partial charge in [0.05, 0.1) is 48.4 Å². The van der Waals surface area contributed by atoms with Crippen molar-refractivity contribution in [3.8, 4) is 62.9 Å². The number of primary amides is 1. The molecule has 0 aromatic heterocycles. The topological polar surface area (TPSA) is 556 Å². The normalized spacial score (nSPS) is 26.2. The Balaban J connectivity index is 1.01. The van der Waals surface area contributed by atoms with Gasteiger partial charge in [0.2, 0.25) is 53.4 Å². The summed E-state index contributed by atoms with van der Waals surface area (Å²) in [5.41, 5.74) is 4.47. The fourth-order valence-corrected chi connectivity index (χ4v) is 15.3. The second kappa shape index (κ2) is 38.2. The smallest absolute Gasteiger partial charge is 0.508 e. The number of alkyl halides is 3. The van der Waals surface area contributed by atoms with Gasteiger partial charge in [-0.1, -0.05) is 67.4 Å². The molecule has 2 fully saturated rings. The van der Waals surface area contributed by atoms with Crippen molar-refractivity contribution >= 4 is 82.1 Å². The van der Waals surface area contributed by atoms with Crippen molar-refractivity contribution in [2.24, 2.45) is 11.7 Å². The molecule has 0 aliphatic carbocycles. The first-order chi connectivity index (χ1) is 58.7. The van der Waals surface area contributed by atoms with Crippen molar-refractivity contribution in [1.82, 2.24) is 48.0 Å². The molecule has 0 saturated carbocycles. The predicted molar refractivity (Wildman–Crippen MR) is 427 cm³/mol. The number of aliphatic hydroxyl groups excluding tert-OH is 6. The number of aromatic hydroxyl groups is 3. The van der Waals surface area contributed by atoms with Crippen LogP contribution in [-0.2, 0) is 63.9 Å². The number of amides is 9. The highest BCUT2D eigenvalue weighted by Crippen LogP contribution is 2.50. The maximum absolute atomic E-state index is 16.3. The average molecular weight is 1770 g/mol. The fraction of sp³-hybridized carbons (Fsp3) is 0.378. The monoisotopic (exact) mass is 1770 g/mol. The Labute approximate surface area is 713 Å². The SMILES string of the molecule is CNC(CC(C)C)C(=O)NC1C(=O)NC(CC(N)=O)C(=O)NC2C(=O)NC3C(=O)NC(C(=O)N[C@@H](C(=O)NOC)c4cc(O)cc(O)c4-c4cc3ccc4O)C(O)c3ccc(c(Cl)c3)Oc3cc2cc(c3OC2OC(CO)C(O)C(O)C2OC2C[C@@](C)(NCc3cccc(NC(=O)c4ccc(OC(F)(F)F)cc4)c3)C(O)C(C)O2)Oc2ccc(cc2Cl)C1O. The van der Waals surface area contributed by atoms with Gasteiger partial charge in [0.1, 0.15) is 101 Å². The molecule has 7 aliphatic heterocycles. The summed E-state index contributed by atoms with van der Waals surface area (Å²) in [6, 6.07) is 9.98. The van der Waals surface area contributed by atoms with Gasteiger partial charge in [-0.05, 0) is 158 Å². The molecule has 42 heteroatoms. The Morgan fingerprint density at radius 2 is 1.34 bits per heavy atom. The molecule has 21 N–H and O–H groups in total. The van der Waals surface area contributed by atoms with Gasteiger partial charge in [-0.25, -0.2) is 5.48 Å². The van der Waals surface area contributed by atoms with Crippen LogP contribution in [-0.4, -0.2) is 205 Å². The molecular formula is C82H88Cl2F3N11O26. The largest absolute Gasteiger partial charge is 0.573 e. The maximum Gasteiger partial charge on any atom is 0.573 e. The number of hydroxylamine groups is 1. The molecular weight excluding hydrogens is 1680 g/mol. The molecule has 0 radical (unpaired) electrons. The molecule has 7 heterocycles. The Kier molecular flexibility index (Phi) is 28.2. The van der Waals surface area contributed by atoms with Gasteiger partial charge in [-0.3, -0.25) is 48.0 Å². The minimum absolute atomic E-state index is 0.00987. The summed E-state index contributed by atoms with van der Waals surface area (Å²) in [6.07, 6.45) is -24.6. The minimum atomic E-state index is -4.97. The number of phenols is 3. The van der Waals surface area contributed by atoms with Crippen LogP contribution in [0.3, 0.4) is 0 Å². The first-order valence-electron chi connectivity index (χ1n) is 38.5. The van der Waals surface area contributed by atoms with E-state index in [1.165, 1.54) is 26.1 Å². The number of phenolic OH excluding ortho intramolecular Hbond substituents is 3. The van der Waals surface area contributed by atoms with Gasteiger partial charge in [-0.2, -0.15) is 0 Å². The summed E-state index contributed by atoms with van der Waals surface area (Å²) in [5.74, 6) is -16.9.